The van der Waals surface area contributed by atoms with Crippen molar-refractivity contribution < 1.29 is 9.53 Å². The molecule has 1 amide bonds. The lowest BCUT2D eigenvalue weighted by Crippen LogP contribution is -2.46. The normalized spacial score (nSPS) is 15.4. The minimum absolute atomic E-state index is 0.0174. The van der Waals surface area contributed by atoms with E-state index in [1.807, 2.05) is 60.0 Å². The van der Waals surface area contributed by atoms with Gasteiger partial charge in [0.1, 0.15) is 23.0 Å². The maximum atomic E-state index is 13.4. The monoisotopic (exact) mass is 478 g/mol. The molecule has 0 fully saturated rings. The first kappa shape index (κ1) is 21.9. The van der Waals surface area contributed by atoms with Gasteiger partial charge in [-0.1, -0.05) is 23.7 Å². The van der Waals surface area contributed by atoms with E-state index in [9.17, 15) is 4.79 Å². The number of amides is 1. The molecule has 4 aromatic rings. The van der Waals surface area contributed by atoms with Gasteiger partial charge in [-0.2, -0.15) is 5.10 Å². The van der Waals surface area contributed by atoms with E-state index in [0.29, 0.717) is 41.3 Å². The van der Waals surface area contributed by atoms with Crippen molar-refractivity contribution in [2.75, 3.05) is 12.4 Å². The summed E-state index contributed by atoms with van der Waals surface area (Å²) in [5, 5.41) is 7.58. The molecular formula is C23H23ClN8O2. The van der Waals surface area contributed by atoms with E-state index >= 15 is 0 Å². The SMILES string of the molecule is COc1cccc(CN2C(=O)c3nc(-c4nc(Nc5ccnn5C)ncc4Cl)cn3C[C@@H]2C)c1. The molecule has 174 valence electrons. The summed E-state index contributed by atoms with van der Waals surface area (Å²) in [6.07, 6.45) is 5.00. The zero-order valence-corrected chi connectivity index (χ0v) is 19.7. The molecule has 1 N–H and O–H groups in total. The second-order valence-electron chi connectivity index (χ2n) is 8.09. The van der Waals surface area contributed by atoms with E-state index in [-0.39, 0.29) is 11.9 Å². The number of benzene rings is 1. The zero-order chi connectivity index (χ0) is 23.8. The van der Waals surface area contributed by atoms with Crippen LogP contribution < -0.4 is 10.1 Å². The number of ether oxygens (including phenoxy) is 1. The van der Waals surface area contributed by atoms with Crippen LogP contribution in [0.5, 0.6) is 5.75 Å². The molecule has 1 atom stereocenters. The number of imidazole rings is 1. The Kier molecular flexibility index (Phi) is 5.66. The first-order valence-electron chi connectivity index (χ1n) is 10.7. The summed E-state index contributed by atoms with van der Waals surface area (Å²) in [4.78, 5) is 28.6. The van der Waals surface area contributed by atoms with Gasteiger partial charge in [-0.15, -0.1) is 0 Å². The topological polar surface area (TPSA) is 103 Å². The number of nitrogens with zero attached hydrogens (tertiary/aromatic N) is 7. The molecule has 5 rings (SSSR count). The average molecular weight is 479 g/mol. The standard InChI is InChI=1S/C23H23ClN8O2/c1-14-11-31-13-18(20-17(24)10-25-23(29-20)28-19-7-8-26-30(19)2)27-21(31)22(33)32(14)12-15-5-4-6-16(9-15)34-3/h4-10,13-14H,11-12H2,1-3H3,(H,25,28,29)/t14-/m0/s1. The number of aromatic nitrogens is 6. The van der Waals surface area contributed by atoms with Crippen molar-refractivity contribution in [2.24, 2.45) is 7.05 Å². The second-order valence-corrected chi connectivity index (χ2v) is 8.50. The highest BCUT2D eigenvalue weighted by molar-refractivity contribution is 6.32. The average Bonchev–Trinajstić information content (AvgIpc) is 3.44. The highest BCUT2D eigenvalue weighted by Gasteiger charge is 2.32. The Morgan fingerprint density at radius 1 is 1.26 bits per heavy atom. The smallest absolute Gasteiger partial charge is 0.290 e. The second kappa shape index (κ2) is 8.79. The highest BCUT2D eigenvalue weighted by Crippen LogP contribution is 2.29. The minimum Gasteiger partial charge on any atom is -0.497 e. The van der Waals surface area contributed by atoms with Crippen LogP contribution in [0, 0.1) is 0 Å². The predicted molar refractivity (Wildman–Crippen MR) is 127 cm³/mol. The molecule has 1 aromatic carbocycles. The van der Waals surface area contributed by atoms with E-state index in [2.05, 4.69) is 25.4 Å². The molecular weight excluding hydrogens is 456 g/mol. The number of carbonyl (C=O) groups excluding carboxylic acids is 1. The van der Waals surface area contributed by atoms with Gasteiger partial charge in [-0.25, -0.2) is 15.0 Å². The van der Waals surface area contributed by atoms with Crippen LogP contribution >= 0.6 is 11.6 Å². The molecule has 0 radical (unpaired) electrons. The van der Waals surface area contributed by atoms with Crippen molar-refractivity contribution in [3.05, 3.63) is 65.3 Å². The van der Waals surface area contributed by atoms with Crippen LogP contribution in [0.15, 0.2) is 48.9 Å². The maximum absolute atomic E-state index is 13.4. The summed E-state index contributed by atoms with van der Waals surface area (Å²) >= 11 is 6.41. The fourth-order valence-corrected chi connectivity index (χ4v) is 4.15. The number of nitrogens with one attached hydrogen (secondary N) is 1. The summed E-state index contributed by atoms with van der Waals surface area (Å²) < 4.78 is 8.84. The predicted octanol–water partition coefficient (Wildman–Crippen LogP) is 3.52. The van der Waals surface area contributed by atoms with Gasteiger partial charge in [0, 0.05) is 38.4 Å². The van der Waals surface area contributed by atoms with Crippen LogP contribution in [0.25, 0.3) is 11.4 Å². The Balaban J connectivity index is 1.43. The fourth-order valence-electron chi connectivity index (χ4n) is 3.96. The number of hydrogen-bond acceptors (Lipinski definition) is 7. The largest absolute Gasteiger partial charge is 0.497 e. The van der Waals surface area contributed by atoms with Crippen molar-refractivity contribution in [3.8, 4) is 17.1 Å². The van der Waals surface area contributed by atoms with Crippen molar-refractivity contribution in [1.82, 2.24) is 34.2 Å². The van der Waals surface area contributed by atoms with Gasteiger partial charge in [-0.3, -0.25) is 9.48 Å². The number of fused-ring (bicyclic) bond motifs is 1. The summed E-state index contributed by atoms with van der Waals surface area (Å²) in [7, 11) is 3.44. The Bertz CT molecular complexity index is 1360. The van der Waals surface area contributed by atoms with Crippen LogP contribution in [0.3, 0.4) is 0 Å². The van der Waals surface area contributed by atoms with Crippen molar-refractivity contribution in [2.45, 2.75) is 26.1 Å². The molecule has 34 heavy (non-hydrogen) atoms. The summed E-state index contributed by atoms with van der Waals surface area (Å²) in [6.45, 7) is 3.10. The molecule has 1 aliphatic heterocycles. The maximum Gasteiger partial charge on any atom is 0.290 e. The molecule has 0 spiro atoms. The van der Waals surface area contributed by atoms with Crippen molar-refractivity contribution in [3.63, 3.8) is 0 Å². The number of hydrogen-bond donors (Lipinski definition) is 1. The van der Waals surface area contributed by atoms with Gasteiger partial charge in [0.05, 0.1) is 24.5 Å². The van der Waals surface area contributed by atoms with Gasteiger partial charge < -0.3 is 19.5 Å². The van der Waals surface area contributed by atoms with Gasteiger partial charge in [0.15, 0.2) is 5.82 Å². The van der Waals surface area contributed by atoms with Gasteiger partial charge in [-0.05, 0) is 24.6 Å². The number of methoxy groups -OCH3 is 1. The third-order valence-corrected chi connectivity index (χ3v) is 6.03. The molecule has 0 saturated heterocycles. The third-order valence-electron chi connectivity index (χ3n) is 5.76. The quantitative estimate of drug-likeness (QED) is 0.452. The number of aryl methyl sites for hydroxylation is 1. The molecule has 0 saturated carbocycles. The van der Waals surface area contributed by atoms with Gasteiger partial charge >= 0.3 is 0 Å². The highest BCUT2D eigenvalue weighted by atomic mass is 35.5. The molecule has 1 aliphatic rings. The molecule has 0 aliphatic carbocycles. The Morgan fingerprint density at radius 3 is 2.88 bits per heavy atom. The molecule has 0 bridgehead atoms. The van der Waals surface area contributed by atoms with E-state index in [4.69, 9.17) is 16.3 Å². The lowest BCUT2D eigenvalue weighted by molar-refractivity contribution is 0.0587. The lowest BCUT2D eigenvalue weighted by Gasteiger charge is -2.33. The third kappa shape index (κ3) is 4.08. The van der Waals surface area contributed by atoms with Crippen LogP contribution in [0.1, 0.15) is 23.1 Å². The first-order chi connectivity index (χ1) is 16.4. The molecule has 4 heterocycles. The van der Waals surface area contributed by atoms with Crippen LogP contribution in [0.4, 0.5) is 11.8 Å². The molecule has 3 aromatic heterocycles. The molecule has 11 heteroatoms. The van der Waals surface area contributed by atoms with Gasteiger partial charge in [0.2, 0.25) is 5.95 Å². The van der Waals surface area contributed by atoms with Crippen LogP contribution in [-0.2, 0) is 20.1 Å². The van der Waals surface area contributed by atoms with E-state index < -0.39 is 0 Å². The van der Waals surface area contributed by atoms with Crippen LogP contribution in [-0.4, -0.2) is 53.3 Å². The van der Waals surface area contributed by atoms with Gasteiger partial charge in [0.25, 0.3) is 5.91 Å². The fraction of sp³-hybridized carbons (Fsp3) is 0.261. The Labute approximate surface area is 201 Å². The van der Waals surface area contributed by atoms with E-state index in [0.717, 1.165) is 17.1 Å². The summed E-state index contributed by atoms with van der Waals surface area (Å²) in [5.41, 5.74) is 1.95. The van der Waals surface area contributed by atoms with Crippen molar-refractivity contribution in [1.29, 1.82) is 0 Å². The van der Waals surface area contributed by atoms with Crippen molar-refractivity contribution >= 4 is 29.3 Å². The number of carbonyl (C=O) groups is 1. The van der Waals surface area contributed by atoms with Crippen LogP contribution in [0.2, 0.25) is 5.02 Å². The number of halogens is 1. The number of anilines is 2. The molecule has 0 unspecified atom stereocenters. The van der Waals surface area contributed by atoms with E-state index in [1.54, 1.807) is 18.0 Å². The number of rotatable bonds is 6. The molecule has 10 nitrogen and oxygen atoms in total. The summed E-state index contributed by atoms with van der Waals surface area (Å²) in [5.74, 6) is 2.05. The zero-order valence-electron chi connectivity index (χ0n) is 18.9. The van der Waals surface area contributed by atoms with E-state index in [1.165, 1.54) is 6.20 Å². The Hall–Kier alpha value is -3.92. The summed E-state index contributed by atoms with van der Waals surface area (Å²) in [6, 6.07) is 9.50. The lowest BCUT2D eigenvalue weighted by atomic mass is 10.1. The first-order valence-corrected chi connectivity index (χ1v) is 11.1. The Morgan fingerprint density at radius 2 is 2.12 bits per heavy atom. The minimum atomic E-state index is -0.147.